The lowest BCUT2D eigenvalue weighted by Gasteiger charge is -2.38. The van der Waals surface area contributed by atoms with Crippen molar-refractivity contribution in [3.8, 4) is 0 Å². The molecule has 0 spiro atoms. The Labute approximate surface area is 185 Å². The Bertz CT molecular complexity index is 913. The molecule has 1 aromatic carbocycles. The number of carbonyl (C=O) groups excluding carboxylic acids is 1. The zero-order chi connectivity index (χ0) is 22.4. The predicted octanol–water partition coefficient (Wildman–Crippen LogP) is 4.84. The van der Waals surface area contributed by atoms with Gasteiger partial charge >= 0.3 is 0 Å². The number of fused-ring (bicyclic) bond motifs is 1. The van der Waals surface area contributed by atoms with Crippen molar-refractivity contribution in [1.29, 1.82) is 0 Å². The molecule has 2 heterocycles. The third-order valence-corrected chi connectivity index (χ3v) is 6.05. The van der Waals surface area contributed by atoms with Crippen molar-refractivity contribution >= 4 is 22.9 Å². The minimum atomic E-state index is -0.286. The zero-order valence-corrected chi connectivity index (χ0v) is 19.3. The first kappa shape index (κ1) is 23.5. The first-order chi connectivity index (χ1) is 15.0. The SMILES string of the molecule is C/C=C/c1c(C(=O)N(C(C)C)[C@@H]2CCCNC2)n(CCCCOC)c2cccc(F)c12. The fraction of sp³-hybridized carbons (Fsp3) is 0.560. The van der Waals surface area contributed by atoms with Crippen molar-refractivity contribution in [2.24, 2.45) is 0 Å². The van der Waals surface area contributed by atoms with Crippen molar-refractivity contribution in [2.75, 3.05) is 26.8 Å². The minimum Gasteiger partial charge on any atom is -0.385 e. The highest BCUT2D eigenvalue weighted by atomic mass is 19.1. The van der Waals surface area contributed by atoms with Crippen LogP contribution in [0.5, 0.6) is 0 Å². The summed E-state index contributed by atoms with van der Waals surface area (Å²) in [6.45, 7) is 9.14. The van der Waals surface area contributed by atoms with Crippen LogP contribution in [-0.2, 0) is 11.3 Å². The summed E-state index contributed by atoms with van der Waals surface area (Å²) in [7, 11) is 1.69. The van der Waals surface area contributed by atoms with Crippen molar-refractivity contribution in [3.63, 3.8) is 0 Å². The molecule has 3 rings (SSSR count). The number of halogens is 1. The quantitative estimate of drug-likeness (QED) is 0.580. The van der Waals surface area contributed by atoms with Crippen molar-refractivity contribution in [2.45, 2.75) is 65.1 Å². The number of nitrogens with one attached hydrogen (secondary N) is 1. The monoisotopic (exact) mass is 429 g/mol. The second-order valence-corrected chi connectivity index (χ2v) is 8.55. The molecule has 0 radical (unpaired) electrons. The number of nitrogens with zero attached hydrogens (tertiary/aromatic N) is 2. The topological polar surface area (TPSA) is 46.5 Å². The number of rotatable bonds is 9. The Kier molecular flexibility index (Phi) is 8.27. The molecular formula is C25H36FN3O2. The third-order valence-electron chi connectivity index (χ3n) is 6.05. The fourth-order valence-corrected chi connectivity index (χ4v) is 4.71. The Morgan fingerprint density at radius 2 is 2.19 bits per heavy atom. The lowest BCUT2D eigenvalue weighted by atomic mass is 10.0. The highest BCUT2D eigenvalue weighted by Crippen LogP contribution is 2.32. The summed E-state index contributed by atoms with van der Waals surface area (Å²) in [5, 5.41) is 3.96. The van der Waals surface area contributed by atoms with E-state index in [9.17, 15) is 9.18 Å². The van der Waals surface area contributed by atoms with E-state index in [2.05, 4.69) is 19.2 Å². The molecule has 5 nitrogen and oxygen atoms in total. The summed E-state index contributed by atoms with van der Waals surface area (Å²) < 4.78 is 22.2. The lowest BCUT2D eigenvalue weighted by Crippen LogP contribution is -2.52. The number of hydrogen-bond donors (Lipinski definition) is 1. The van der Waals surface area contributed by atoms with E-state index in [0.29, 0.717) is 29.8 Å². The molecule has 1 aliphatic heterocycles. The van der Waals surface area contributed by atoms with Gasteiger partial charge in [-0.1, -0.05) is 18.2 Å². The number of methoxy groups -OCH3 is 1. The first-order valence-corrected chi connectivity index (χ1v) is 11.5. The molecule has 0 bridgehead atoms. The van der Waals surface area contributed by atoms with Crippen LogP contribution in [0.3, 0.4) is 0 Å². The number of aromatic nitrogens is 1. The smallest absolute Gasteiger partial charge is 0.271 e. The standard InChI is InChI=1S/C25H36FN3O2/c1-5-10-20-23-21(26)12-8-13-22(23)28(15-6-7-16-31-4)24(20)25(30)29(18(2)3)19-11-9-14-27-17-19/h5,8,10,12-13,18-19,27H,6-7,9,11,14-17H2,1-4H3/b10-5+/t19-/m1/s1. The maximum absolute atomic E-state index is 15.0. The van der Waals surface area contributed by atoms with E-state index in [1.54, 1.807) is 13.2 Å². The number of unbranched alkanes of at least 4 members (excludes halogenated alkanes) is 1. The summed E-state index contributed by atoms with van der Waals surface area (Å²) in [4.78, 5) is 16.1. The first-order valence-electron chi connectivity index (χ1n) is 11.5. The van der Waals surface area contributed by atoms with E-state index in [-0.39, 0.29) is 23.8 Å². The largest absolute Gasteiger partial charge is 0.385 e. The molecular weight excluding hydrogens is 393 g/mol. The average Bonchev–Trinajstić information content (AvgIpc) is 3.06. The molecule has 170 valence electrons. The number of allylic oxidation sites excluding steroid dienone is 1. The van der Waals surface area contributed by atoms with Gasteiger partial charge in [-0.2, -0.15) is 0 Å². The van der Waals surface area contributed by atoms with Crippen LogP contribution in [0.2, 0.25) is 0 Å². The molecule has 1 aliphatic rings. The van der Waals surface area contributed by atoms with Gasteiger partial charge < -0.3 is 19.5 Å². The summed E-state index contributed by atoms with van der Waals surface area (Å²) in [6, 6.07) is 5.32. The van der Waals surface area contributed by atoms with Gasteiger partial charge in [0.2, 0.25) is 0 Å². The van der Waals surface area contributed by atoms with Gasteiger partial charge in [-0.15, -0.1) is 0 Å². The Morgan fingerprint density at radius 1 is 1.39 bits per heavy atom. The van der Waals surface area contributed by atoms with E-state index >= 15 is 0 Å². The van der Waals surface area contributed by atoms with Crippen LogP contribution in [0.4, 0.5) is 4.39 Å². The average molecular weight is 430 g/mol. The van der Waals surface area contributed by atoms with Gasteiger partial charge in [0.25, 0.3) is 5.91 Å². The Balaban J connectivity index is 2.14. The zero-order valence-electron chi connectivity index (χ0n) is 19.3. The normalized spacial score (nSPS) is 17.2. The van der Waals surface area contributed by atoms with Crippen LogP contribution in [0, 0.1) is 5.82 Å². The molecule has 1 amide bonds. The van der Waals surface area contributed by atoms with Crippen LogP contribution >= 0.6 is 0 Å². The van der Waals surface area contributed by atoms with E-state index < -0.39 is 0 Å². The molecule has 1 N–H and O–H groups in total. The predicted molar refractivity (Wildman–Crippen MR) is 125 cm³/mol. The Hall–Kier alpha value is -2.18. The summed E-state index contributed by atoms with van der Waals surface area (Å²) >= 11 is 0. The van der Waals surface area contributed by atoms with E-state index in [4.69, 9.17) is 4.74 Å². The molecule has 6 heteroatoms. The number of carbonyl (C=O) groups is 1. The van der Waals surface area contributed by atoms with Crippen LogP contribution in [0.15, 0.2) is 24.3 Å². The number of piperidine rings is 1. The van der Waals surface area contributed by atoms with E-state index in [1.807, 2.05) is 34.6 Å². The van der Waals surface area contributed by atoms with Gasteiger partial charge in [-0.3, -0.25) is 4.79 Å². The van der Waals surface area contributed by atoms with Gasteiger partial charge in [0.1, 0.15) is 11.5 Å². The second-order valence-electron chi connectivity index (χ2n) is 8.55. The summed E-state index contributed by atoms with van der Waals surface area (Å²) in [6.07, 6.45) is 7.54. The van der Waals surface area contributed by atoms with Gasteiger partial charge in [0.05, 0.1) is 5.52 Å². The maximum atomic E-state index is 15.0. The van der Waals surface area contributed by atoms with Gasteiger partial charge in [0, 0.05) is 49.8 Å². The van der Waals surface area contributed by atoms with E-state index in [1.165, 1.54) is 6.07 Å². The second kappa shape index (κ2) is 10.9. The van der Waals surface area contributed by atoms with Crippen LogP contribution < -0.4 is 5.32 Å². The molecule has 0 saturated carbocycles. The van der Waals surface area contributed by atoms with Crippen molar-refractivity contribution in [3.05, 3.63) is 41.3 Å². The van der Waals surface area contributed by atoms with Crippen LogP contribution in [0.25, 0.3) is 17.0 Å². The number of amides is 1. The number of benzene rings is 1. The molecule has 0 aliphatic carbocycles. The van der Waals surface area contributed by atoms with Crippen LogP contribution in [-0.4, -0.2) is 54.3 Å². The number of hydrogen-bond acceptors (Lipinski definition) is 3. The minimum absolute atomic E-state index is 0.0147. The number of ether oxygens (including phenoxy) is 1. The fourth-order valence-electron chi connectivity index (χ4n) is 4.71. The van der Waals surface area contributed by atoms with Gasteiger partial charge in [0.15, 0.2) is 0 Å². The van der Waals surface area contributed by atoms with E-state index in [0.717, 1.165) is 44.3 Å². The molecule has 31 heavy (non-hydrogen) atoms. The molecule has 2 aromatic rings. The third kappa shape index (κ3) is 5.01. The summed E-state index contributed by atoms with van der Waals surface area (Å²) in [5.41, 5.74) is 2.05. The Morgan fingerprint density at radius 3 is 2.84 bits per heavy atom. The molecule has 1 aromatic heterocycles. The number of aryl methyl sites for hydroxylation is 1. The highest BCUT2D eigenvalue weighted by Gasteiger charge is 2.33. The van der Waals surface area contributed by atoms with Crippen molar-refractivity contribution in [1.82, 2.24) is 14.8 Å². The van der Waals surface area contributed by atoms with Gasteiger partial charge in [-0.25, -0.2) is 4.39 Å². The van der Waals surface area contributed by atoms with Crippen molar-refractivity contribution < 1.29 is 13.9 Å². The molecule has 1 saturated heterocycles. The maximum Gasteiger partial charge on any atom is 0.271 e. The summed E-state index contributed by atoms with van der Waals surface area (Å²) in [5.74, 6) is -0.301. The molecule has 1 fully saturated rings. The lowest BCUT2D eigenvalue weighted by molar-refractivity contribution is 0.0562. The van der Waals surface area contributed by atoms with Gasteiger partial charge in [-0.05, 0) is 65.1 Å². The molecule has 0 unspecified atom stereocenters. The highest BCUT2D eigenvalue weighted by molar-refractivity contribution is 6.05. The van der Waals surface area contributed by atoms with Crippen LogP contribution in [0.1, 0.15) is 62.5 Å². The molecule has 1 atom stereocenters.